The SMILES string of the molecule is C1COCCOCCOCCOCCOCCO1.COP(OC)OC.[CH2][CH][CH][CH2].[CH2][CH][CH][CH2].[Mn].[Na+]. The van der Waals surface area contributed by atoms with Crippen LogP contribution in [0.3, 0.4) is 0 Å². The summed E-state index contributed by atoms with van der Waals surface area (Å²) in [5.74, 6) is 0. The zero-order valence-electron chi connectivity index (χ0n) is 22.1. The van der Waals surface area contributed by atoms with Crippen molar-refractivity contribution in [3.8, 4) is 0 Å². The van der Waals surface area contributed by atoms with E-state index in [1.54, 1.807) is 47.0 Å². The normalized spacial score (nSPS) is 16.1. The van der Waals surface area contributed by atoms with Crippen molar-refractivity contribution in [1.29, 1.82) is 0 Å². The van der Waals surface area contributed by atoms with Gasteiger partial charge in [-0.3, -0.25) is 0 Å². The summed E-state index contributed by atoms with van der Waals surface area (Å²) in [5.41, 5.74) is 0. The van der Waals surface area contributed by atoms with E-state index in [1.807, 2.05) is 0 Å². The predicted molar refractivity (Wildman–Crippen MR) is 131 cm³/mol. The number of ether oxygens (including phenoxy) is 6. The Hall–Kier alpha value is 1.59. The second-order valence-electron chi connectivity index (χ2n) is 5.39. The van der Waals surface area contributed by atoms with Gasteiger partial charge in [-0.05, 0) is 53.4 Å². The van der Waals surface area contributed by atoms with E-state index in [1.165, 1.54) is 0 Å². The largest absolute Gasteiger partial charge is 1.00 e. The molecule has 1 heterocycles. The molecule has 1 rings (SSSR count). The van der Waals surface area contributed by atoms with Crippen molar-refractivity contribution in [3.63, 3.8) is 0 Å². The number of rotatable bonds is 5. The molecule has 0 spiro atoms. The Morgan fingerprint density at radius 1 is 0.457 bits per heavy atom. The Bertz CT molecular complexity index is 224. The third-order valence-electron chi connectivity index (χ3n) is 3.01. The van der Waals surface area contributed by atoms with Crippen molar-refractivity contribution in [3.05, 3.63) is 53.4 Å². The number of hydrogen-bond donors (Lipinski definition) is 0. The van der Waals surface area contributed by atoms with Gasteiger partial charge in [0.25, 0.3) is 0 Å². The Labute approximate surface area is 250 Å². The van der Waals surface area contributed by atoms with E-state index in [2.05, 4.69) is 41.3 Å². The van der Waals surface area contributed by atoms with Crippen LogP contribution in [0.25, 0.3) is 0 Å². The first-order valence-electron chi connectivity index (χ1n) is 10.5. The van der Waals surface area contributed by atoms with Crippen LogP contribution in [0.1, 0.15) is 0 Å². The van der Waals surface area contributed by atoms with Gasteiger partial charge >= 0.3 is 38.2 Å². The average molecular weight is 575 g/mol. The summed E-state index contributed by atoms with van der Waals surface area (Å²) in [7, 11) is 3.57. The smallest absolute Gasteiger partial charge is 0.377 e. The molecule has 0 amide bonds. The van der Waals surface area contributed by atoms with Gasteiger partial charge in [0.15, 0.2) is 0 Å². The molecule has 12 heteroatoms. The number of hydrogen-bond acceptors (Lipinski definition) is 9. The first-order valence-corrected chi connectivity index (χ1v) is 11.6. The summed E-state index contributed by atoms with van der Waals surface area (Å²) < 4.78 is 46.0. The molecule has 9 nitrogen and oxygen atoms in total. The van der Waals surface area contributed by atoms with E-state index in [0.717, 1.165) is 0 Å². The zero-order chi connectivity index (χ0) is 25.3. The van der Waals surface area contributed by atoms with E-state index in [4.69, 9.17) is 28.4 Å². The quantitative estimate of drug-likeness (QED) is 0.342. The van der Waals surface area contributed by atoms with E-state index in [-0.39, 0.29) is 46.6 Å². The molecule has 0 bridgehead atoms. The average Bonchev–Trinajstić information content (AvgIpc) is 2.86. The van der Waals surface area contributed by atoms with Gasteiger partial charge in [0, 0.05) is 38.4 Å². The fraction of sp³-hybridized carbons (Fsp3) is 0.652. The second-order valence-corrected chi connectivity index (χ2v) is 6.93. The van der Waals surface area contributed by atoms with Gasteiger partial charge in [-0.25, -0.2) is 0 Å². The standard InChI is InChI=1S/C12H24O6.2C4H6.C3H9O3P.Mn.Na/c1-2-14-5-6-16-9-10-18-12-11-17-8-7-15-4-3-13-1;2*1-3-4-2;1-4-7(5-2)6-3;;/h1-12H2;2*3-4H,1-2H2;1-3H3;;/q;;;;;+1. The van der Waals surface area contributed by atoms with Crippen LogP contribution in [0.15, 0.2) is 0 Å². The molecule has 0 unspecified atom stereocenters. The maximum atomic E-state index is 5.33. The summed E-state index contributed by atoms with van der Waals surface area (Å²) >= 11 is 0. The van der Waals surface area contributed by atoms with Gasteiger partial charge in [0.05, 0.1) is 79.3 Å². The van der Waals surface area contributed by atoms with Crippen LogP contribution < -0.4 is 29.6 Å². The Kier molecular flexibility index (Phi) is 64.5. The topological polar surface area (TPSA) is 83.1 Å². The summed E-state index contributed by atoms with van der Waals surface area (Å²) in [5, 5.41) is 0. The van der Waals surface area contributed by atoms with Crippen LogP contribution in [-0.2, 0) is 59.1 Å². The monoisotopic (exact) mass is 574 g/mol. The minimum atomic E-state index is -1.05. The molecule has 1 saturated heterocycles. The van der Waals surface area contributed by atoms with Gasteiger partial charge in [0.2, 0.25) is 0 Å². The van der Waals surface area contributed by atoms with E-state index in [9.17, 15) is 0 Å². The van der Waals surface area contributed by atoms with Crippen molar-refractivity contribution >= 4 is 8.60 Å². The summed E-state index contributed by atoms with van der Waals surface area (Å²) in [4.78, 5) is 0. The molecule has 0 aromatic heterocycles. The molecule has 1 aliphatic heterocycles. The molecule has 0 saturated carbocycles. The molecule has 1 fully saturated rings. The first-order chi connectivity index (χ1) is 16.2. The zero-order valence-corrected chi connectivity index (χ0v) is 26.2. The molecule has 0 aromatic rings. The van der Waals surface area contributed by atoms with Crippen molar-refractivity contribution in [2.24, 2.45) is 0 Å². The summed E-state index contributed by atoms with van der Waals surface area (Å²) in [6.45, 7) is 20.5. The first kappa shape index (κ1) is 46.4. The van der Waals surface area contributed by atoms with Gasteiger partial charge in [-0.2, -0.15) is 0 Å². The van der Waals surface area contributed by atoms with Crippen LogP contribution in [-0.4, -0.2) is 101 Å². The van der Waals surface area contributed by atoms with Gasteiger partial charge in [-0.1, -0.05) is 0 Å². The van der Waals surface area contributed by atoms with Crippen molar-refractivity contribution < 1.29 is 88.6 Å². The molecular formula is C23H45MnNaO9P+. The Morgan fingerprint density at radius 2 is 0.600 bits per heavy atom. The van der Waals surface area contributed by atoms with E-state index < -0.39 is 8.60 Å². The Morgan fingerprint density at radius 3 is 0.657 bits per heavy atom. The Balaban J connectivity index is -0.000000147. The molecular weight excluding hydrogens is 529 g/mol. The molecule has 0 aromatic carbocycles. The van der Waals surface area contributed by atoms with E-state index >= 15 is 0 Å². The third-order valence-corrected chi connectivity index (χ3v) is 3.91. The van der Waals surface area contributed by atoms with Crippen molar-refractivity contribution in [2.45, 2.75) is 0 Å². The molecule has 0 N–H and O–H groups in total. The van der Waals surface area contributed by atoms with Crippen molar-refractivity contribution in [1.82, 2.24) is 0 Å². The summed E-state index contributed by atoms with van der Waals surface area (Å²) in [6.07, 6.45) is 6.56. The fourth-order valence-electron chi connectivity index (χ4n) is 1.54. The molecule has 1 aliphatic rings. The van der Waals surface area contributed by atoms with Crippen LogP contribution in [0.4, 0.5) is 0 Å². The van der Waals surface area contributed by atoms with Crippen LogP contribution in [0.5, 0.6) is 0 Å². The van der Waals surface area contributed by atoms with Gasteiger partial charge in [-0.15, -0.1) is 0 Å². The maximum Gasteiger partial charge on any atom is 1.00 e. The van der Waals surface area contributed by atoms with Crippen LogP contribution in [0.2, 0.25) is 0 Å². The minimum absolute atomic E-state index is 0. The maximum absolute atomic E-state index is 5.33. The molecule has 0 aliphatic carbocycles. The second kappa shape index (κ2) is 48.6. The van der Waals surface area contributed by atoms with Gasteiger partial charge < -0.3 is 42.0 Å². The summed E-state index contributed by atoms with van der Waals surface area (Å²) in [6, 6.07) is 0. The van der Waals surface area contributed by atoms with E-state index in [0.29, 0.717) is 79.3 Å². The fourth-order valence-corrected chi connectivity index (χ4v) is 1.99. The van der Waals surface area contributed by atoms with Crippen LogP contribution in [0, 0.1) is 53.4 Å². The number of unbranched alkanes of at least 4 members (excludes halogenated alkanes) is 2. The molecule has 203 valence electrons. The molecule has 9 radical (unpaired) electrons. The van der Waals surface area contributed by atoms with Crippen molar-refractivity contribution in [2.75, 3.05) is 101 Å². The van der Waals surface area contributed by atoms with Gasteiger partial charge in [0.1, 0.15) is 0 Å². The predicted octanol–water partition coefficient (Wildman–Crippen LogP) is 0.380. The van der Waals surface area contributed by atoms with Crippen LogP contribution >= 0.6 is 8.60 Å². The molecule has 0 atom stereocenters. The third kappa shape index (κ3) is 52.8. The molecule has 35 heavy (non-hydrogen) atoms. The minimum Gasteiger partial charge on any atom is -0.377 e.